The van der Waals surface area contributed by atoms with Crippen LogP contribution >= 0.6 is 63.3 Å². The monoisotopic (exact) mass is 205 g/mol. The highest BCUT2D eigenvalue weighted by Gasteiger charge is 2.09. The maximum absolute atomic E-state index is 3.95. The van der Waals surface area contributed by atoms with E-state index >= 15 is 0 Å². The van der Waals surface area contributed by atoms with Crippen molar-refractivity contribution in [2.24, 2.45) is 0 Å². The van der Waals surface area contributed by atoms with Crippen LogP contribution in [-0.4, -0.2) is 13.7 Å². The Labute approximate surface area is 76.8 Å². The number of rotatable bonds is 2. The lowest BCUT2D eigenvalue weighted by Gasteiger charge is -2.19. The molecule has 0 saturated carbocycles. The van der Waals surface area contributed by atoms with Gasteiger partial charge in [-0.25, -0.2) is 4.31 Å². The second-order valence-corrected chi connectivity index (χ2v) is 4.31. The van der Waals surface area contributed by atoms with Crippen LogP contribution in [0.5, 0.6) is 0 Å². The van der Waals surface area contributed by atoms with Gasteiger partial charge in [0.15, 0.2) is 0 Å². The Balaban J connectivity index is 3.46. The molecular weight excluding hydrogens is 198 g/mol. The van der Waals surface area contributed by atoms with Gasteiger partial charge in [-0.2, -0.15) is 0 Å². The molecule has 0 N–H and O–H groups in total. The third-order valence-electron chi connectivity index (χ3n) is 0.473. The third kappa shape index (κ3) is 3.68. The summed E-state index contributed by atoms with van der Waals surface area (Å²) in [6.07, 6.45) is 0. The quantitative estimate of drug-likeness (QED) is 0.337. The van der Waals surface area contributed by atoms with E-state index in [0.29, 0.717) is 0 Å². The highest BCUT2D eigenvalue weighted by Crippen LogP contribution is 2.19. The highest BCUT2D eigenvalue weighted by atomic mass is 32.2. The van der Waals surface area contributed by atoms with E-state index in [9.17, 15) is 0 Å². The van der Waals surface area contributed by atoms with E-state index < -0.39 is 0 Å². The molecular formula is C2H7NS5. The van der Waals surface area contributed by atoms with Gasteiger partial charge in [0, 0.05) is 0 Å². The minimum Gasteiger partial charge on any atom is -0.209 e. The average Bonchev–Trinajstić information content (AvgIpc) is 1.64. The summed E-state index contributed by atoms with van der Waals surface area (Å²) in [5, 5.41) is 0. The van der Waals surface area contributed by atoms with Gasteiger partial charge < -0.3 is 0 Å². The van der Waals surface area contributed by atoms with Crippen LogP contribution in [0.2, 0.25) is 0 Å². The molecule has 0 aliphatic carbocycles. The summed E-state index contributed by atoms with van der Waals surface area (Å²) in [5.74, 6) is 0. The molecule has 0 atom stereocenters. The maximum atomic E-state index is 3.95. The van der Waals surface area contributed by atoms with Crippen LogP contribution < -0.4 is 0 Å². The molecule has 0 aromatic rings. The number of nitrogens with zero attached hydrogens (tertiary/aromatic N) is 1. The zero-order valence-corrected chi connectivity index (χ0v) is 8.31. The van der Waals surface area contributed by atoms with E-state index in [2.05, 4.69) is 63.3 Å². The lowest BCUT2D eigenvalue weighted by Crippen LogP contribution is -2.21. The lowest BCUT2D eigenvalue weighted by atomic mass is 11.2. The smallest absolute Gasteiger partial charge is 0.108 e. The average molecular weight is 205 g/mol. The summed E-state index contributed by atoms with van der Waals surface area (Å²) < 4.78 is 1.04. The zero-order valence-electron chi connectivity index (χ0n) is 3.84. The zero-order chi connectivity index (χ0) is 6.73. The van der Waals surface area contributed by atoms with Crippen molar-refractivity contribution in [3.63, 3.8) is 0 Å². The molecule has 0 spiro atoms. The highest BCUT2D eigenvalue weighted by molar-refractivity contribution is 8.02. The second kappa shape index (κ2) is 4.51. The minimum atomic E-state index is -0.224. The van der Waals surface area contributed by atoms with Crippen LogP contribution in [-0.2, 0) is 0 Å². The number of hydrogen-bond donors (Lipinski definition) is 5. The molecule has 0 radical (unpaired) electrons. The third-order valence-corrected chi connectivity index (χ3v) is 2.66. The Bertz CT molecular complexity index is 55.4. The normalized spacial score (nSPS) is 12.0. The molecule has 6 heteroatoms. The van der Waals surface area contributed by atoms with Crippen molar-refractivity contribution < 1.29 is 0 Å². The summed E-state index contributed by atoms with van der Waals surface area (Å²) in [6, 6.07) is 0. The molecule has 1 nitrogen and oxygen atoms in total. The first-order chi connectivity index (χ1) is 3.55. The molecule has 8 heavy (non-hydrogen) atoms. The summed E-state index contributed by atoms with van der Waals surface area (Å²) in [7, 11) is 0. The lowest BCUT2D eigenvalue weighted by molar-refractivity contribution is 0.608. The molecule has 0 rings (SSSR count). The van der Waals surface area contributed by atoms with Crippen LogP contribution in [0.4, 0.5) is 0 Å². The number of hydrogen-bond acceptors (Lipinski definition) is 6. The minimum absolute atomic E-state index is 0.224. The summed E-state index contributed by atoms with van der Waals surface area (Å²) in [4.78, 5) is 0. The van der Waals surface area contributed by atoms with E-state index in [1.165, 1.54) is 4.31 Å². The van der Waals surface area contributed by atoms with E-state index in [0.717, 1.165) is 0 Å². The van der Waals surface area contributed by atoms with Crippen molar-refractivity contribution in [2.75, 3.05) is 0 Å². The van der Waals surface area contributed by atoms with E-state index in [-0.39, 0.29) is 9.41 Å². The van der Waals surface area contributed by atoms with Crippen molar-refractivity contribution in [1.29, 1.82) is 0 Å². The first-order valence-corrected chi connectivity index (χ1v) is 4.21. The van der Waals surface area contributed by atoms with Crippen LogP contribution in [0.15, 0.2) is 0 Å². The second-order valence-electron chi connectivity index (χ2n) is 1.07. The fourth-order valence-electron chi connectivity index (χ4n) is 0.119. The van der Waals surface area contributed by atoms with Crippen LogP contribution in [0.25, 0.3) is 0 Å². The molecule has 0 aromatic carbocycles. The maximum Gasteiger partial charge on any atom is 0.108 e. The predicted octanol–water partition coefficient (Wildman–Crippen LogP) is 1.42. The van der Waals surface area contributed by atoms with Gasteiger partial charge in [-0.15, -0.1) is 50.5 Å². The van der Waals surface area contributed by atoms with Gasteiger partial charge in [0.2, 0.25) is 0 Å². The van der Waals surface area contributed by atoms with Crippen LogP contribution in [0, 0.1) is 0 Å². The summed E-state index contributed by atoms with van der Waals surface area (Å²) in [5.41, 5.74) is 0. The fraction of sp³-hybridized carbons (Fsp3) is 1.00. The SMILES string of the molecule is SC(S)N(S)C(S)S. The van der Waals surface area contributed by atoms with Gasteiger partial charge >= 0.3 is 0 Å². The van der Waals surface area contributed by atoms with Gasteiger partial charge in [0.05, 0.1) is 0 Å². The van der Waals surface area contributed by atoms with Gasteiger partial charge in [-0.1, -0.05) is 12.8 Å². The van der Waals surface area contributed by atoms with Crippen molar-refractivity contribution in [3.05, 3.63) is 0 Å². The van der Waals surface area contributed by atoms with Gasteiger partial charge in [0.1, 0.15) is 9.41 Å². The van der Waals surface area contributed by atoms with Crippen molar-refractivity contribution in [2.45, 2.75) is 9.41 Å². The molecule has 0 amide bonds. The molecule has 0 unspecified atom stereocenters. The van der Waals surface area contributed by atoms with Crippen LogP contribution in [0.1, 0.15) is 0 Å². The Morgan fingerprint density at radius 1 is 0.875 bits per heavy atom. The standard InChI is InChI=1S/C2H7NS5/c4-1(5)3(8)2(6)7/h1-2,4-8H. The van der Waals surface area contributed by atoms with Crippen LogP contribution in [0.3, 0.4) is 0 Å². The Kier molecular flexibility index (Phi) is 5.48. The van der Waals surface area contributed by atoms with Crippen molar-refractivity contribution >= 4 is 63.3 Å². The molecule has 0 aliphatic rings. The first-order valence-electron chi connectivity index (χ1n) is 1.75. The van der Waals surface area contributed by atoms with Gasteiger partial charge in [-0.3, -0.25) is 0 Å². The molecule has 0 aromatic heterocycles. The van der Waals surface area contributed by atoms with Gasteiger partial charge in [0.25, 0.3) is 0 Å². The summed E-state index contributed by atoms with van der Waals surface area (Å²) >= 11 is 19.7. The molecule has 0 saturated heterocycles. The molecule has 0 aliphatic heterocycles. The van der Waals surface area contributed by atoms with E-state index in [4.69, 9.17) is 0 Å². The van der Waals surface area contributed by atoms with Crippen molar-refractivity contribution in [3.8, 4) is 0 Å². The van der Waals surface area contributed by atoms with E-state index in [1.807, 2.05) is 0 Å². The molecule has 50 valence electrons. The molecule has 0 heterocycles. The summed E-state index contributed by atoms with van der Waals surface area (Å²) in [6.45, 7) is 0. The Morgan fingerprint density at radius 3 is 1.12 bits per heavy atom. The number of thiol groups is 5. The predicted molar refractivity (Wildman–Crippen MR) is 54.3 cm³/mol. The first kappa shape index (κ1) is 9.71. The van der Waals surface area contributed by atoms with Gasteiger partial charge in [-0.05, 0) is 0 Å². The Hall–Kier alpha value is 1.71. The molecule has 0 fully saturated rings. The van der Waals surface area contributed by atoms with E-state index in [1.54, 1.807) is 0 Å². The largest absolute Gasteiger partial charge is 0.209 e. The van der Waals surface area contributed by atoms with Crippen molar-refractivity contribution in [1.82, 2.24) is 4.31 Å². The Morgan fingerprint density at radius 2 is 1.12 bits per heavy atom. The molecule has 0 bridgehead atoms. The topological polar surface area (TPSA) is 3.24 Å². The fourth-order valence-corrected chi connectivity index (χ4v) is 1.07.